The molecule has 0 heterocycles. The van der Waals surface area contributed by atoms with Gasteiger partial charge in [0, 0.05) is 0 Å². The Bertz CT molecular complexity index is 174. The van der Waals surface area contributed by atoms with Gasteiger partial charge in [-0.15, -0.1) is 4.91 Å². The summed E-state index contributed by atoms with van der Waals surface area (Å²) in [6, 6.07) is 10.3. The Morgan fingerprint density at radius 1 is 1.30 bits per heavy atom. The quantitative estimate of drug-likeness (QED) is 0.442. The SMILES string of the molecule is Cc1ccccc1.O=NO. The predicted molar refractivity (Wildman–Crippen MR) is 38.8 cm³/mol. The standard InChI is InChI=1S/C7H8.HNO2/c1-7-5-3-2-4-6-7;2-1-3/h2-6H,1H3;(H,2,3). The molecule has 0 aliphatic rings. The molecule has 0 radical (unpaired) electrons. The third-order valence-electron chi connectivity index (χ3n) is 0.940. The number of rotatable bonds is 0. The highest BCUT2D eigenvalue weighted by molar-refractivity contribution is 5.11. The summed E-state index contributed by atoms with van der Waals surface area (Å²) in [4.78, 5) is 8.11. The van der Waals surface area contributed by atoms with E-state index in [1.54, 1.807) is 0 Å². The third-order valence-corrected chi connectivity index (χ3v) is 0.940. The molecule has 10 heavy (non-hydrogen) atoms. The van der Waals surface area contributed by atoms with E-state index in [1.807, 2.05) is 18.2 Å². The van der Waals surface area contributed by atoms with Gasteiger partial charge in [-0.25, -0.2) is 0 Å². The summed E-state index contributed by atoms with van der Waals surface area (Å²) >= 11 is 0. The van der Waals surface area contributed by atoms with E-state index in [0.717, 1.165) is 0 Å². The lowest BCUT2D eigenvalue weighted by atomic mass is 10.2. The fourth-order valence-electron chi connectivity index (χ4n) is 0.534. The molecule has 0 aliphatic heterocycles. The van der Waals surface area contributed by atoms with E-state index in [-0.39, 0.29) is 0 Å². The summed E-state index contributed by atoms with van der Waals surface area (Å²) < 4.78 is 0. The predicted octanol–water partition coefficient (Wildman–Crippen LogP) is 2.14. The van der Waals surface area contributed by atoms with Crippen molar-refractivity contribution < 1.29 is 5.21 Å². The first kappa shape index (κ1) is 8.62. The molecule has 0 aliphatic carbocycles. The molecule has 0 amide bonds. The molecule has 0 fully saturated rings. The Hall–Kier alpha value is -1.38. The molecule has 3 nitrogen and oxygen atoms in total. The van der Waals surface area contributed by atoms with Crippen molar-refractivity contribution >= 4 is 0 Å². The van der Waals surface area contributed by atoms with Crippen LogP contribution in [0.2, 0.25) is 0 Å². The monoisotopic (exact) mass is 139 g/mol. The minimum Gasteiger partial charge on any atom is -0.379 e. The highest BCUT2D eigenvalue weighted by Gasteiger charge is 1.72. The average Bonchev–Trinajstić information content (AvgIpc) is 1.91. The fraction of sp³-hybridized carbons (Fsp3) is 0.143. The molecule has 1 aromatic carbocycles. The number of hydrogen-bond donors (Lipinski definition) is 1. The van der Waals surface area contributed by atoms with Crippen molar-refractivity contribution in [3.8, 4) is 0 Å². The molecule has 0 aromatic heterocycles. The first-order valence-electron chi connectivity index (χ1n) is 2.79. The summed E-state index contributed by atoms with van der Waals surface area (Å²) in [5.41, 5.74) is 1.32. The van der Waals surface area contributed by atoms with Crippen molar-refractivity contribution in [2.75, 3.05) is 0 Å². The molecule has 0 saturated carbocycles. The second kappa shape index (κ2) is 5.75. The average molecular weight is 139 g/mol. The van der Waals surface area contributed by atoms with Crippen LogP contribution in [0, 0.1) is 11.8 Å². The summed E-state index contributed by atoms with van der Waals surface area (Å²) in [5.74, 6) is 0. The van der Waals surface area contributed by atoms with Gasteiger partial charge in [0.15, 0.2) is 5.34 Å². The lowest BCUT2D eigenvalue weighted by Gasteiger charge is -1.82. The van der Waals surface area contributed by atoms with E-state index < -0.39 is 0 Å². The van der Waals surface area contributed by atoms with Crippen molar-refractivity contribution in [1.29, 1.82) is 0 Å². The zero-order valence-electron chi connectivity index (χ0n) is 5.69. The van der Waals surface area contributed by atoms with Gasteiger partial charge in [-0.05, 0) is 6.92 Å². The van der Waals surface area contributed by atoms with Crippen LogP contribution in [0.4, 0.5) is 0 Å². The smallest absolute Gasteiger partial charge is 0.152 e. The van der Waals surface area contributed by atoms with Gasteiger partial charge in [0.2, 0.25) is 0 Å². The van der Waals surface area contributed by atoms with Crippen molar-refractivity contribution in [3.63, 3.8) is 0 Å². The number of nitrogens with zero attached hydrogens (tertiary/aromatic N) is 1. The minimum absolute atomic E-state index is 1.25. The van der Waals surface area contributed by atoms with Crippen molar-refractivity contribution in [2.24, 2.45) is 5.34 Å². The lowest BCUT2D eigenvalue weighted by molar-refractivity contribution is 0.312. The van der Waals surface area contributed by atoms with Crippen LogP contribution in [0.1, 0.15) is 5.56 Å². The van der Waals surface area contributed by atoms with Gasteiger partial charge in [-0.2, -0.15) is 0 Å². The molecule has 1 N–H and O–H groups in total. The zero-order valence-corrected chi connectivity index (χ0v) is 5.69. The maximum Gasteiger partial charge on any atom is 0.152 e. The van der Waals surface area contributed by atoms with E-state index in [9.17, 15) is 0 Å². The van der Waals surface area contributed by atoms with Crippen molar-refractivity contribution in [2.45, 2.75) is 6.92 Å². The molecule has 0 spiro atoms. The first-order chi connectivity index (χ1) is 4.81. The molecule has 0 atom stereocenters. The fourth-order valence-corrected chi connectivity index (χ4v) is 0.534. The Balaban J connectivity index is 0.000000236. The van der Waals surface area contributed by atoms with E-state index in [0.29, 0.717) is 0 Å². The topological polar surface area (TPSA) is 49.7 Å². The molecular formula is C7H9NO2. The Morgan fingerprint density at radius 3 is 1.90 bits per heavy atom. The Labute approximate surface area is 59.2 Å². The van der Waals surface area contributed by atoms with Crippen LogP contribution in [0.25, 0.3) is 0 Å². The van der Waals surface area contributed by atoms with Crippen LogP contribution >= 0.6 is 0 Å². The van der Waals surface area contributed by atoms with Gasteiger partial charge in [-0.3, -0.25) is 0 Å². The zero-order chi connectivity index (χ0) is 7.82. The summed E-state index contributed by atoms with van der Waals surface area (Å²) in [6.45, 7) is 2.08. The van der Waals surface area contributed by atoms with Crippen LogP contribution < -0.4 is 0 Å². The van der Waals surface area contributed by atoms with Crippen LogP contribution in [-0.2, 0) is 0 Å². The van der Waals surface area contributed by atoms with E-state index in [1.165, 1.54) is 10.9 Å². The number of hydrogen-bond acceptors (Lipinski definition) is 2. The number of aryl methyl sites for hydroxylation is 1. The van der Waals surface area contributed by atoms with Gasteiger partial charge < -0.3 is 5.21 Å². The first-order valence-corrected chi connectivity index (χ1v) is 2.79. The summed E-state index contributed by atoms with van der Waals surface area (Å²) in [7, 11) is 0. The van der Waals surface area contributed by atoms with Crippen LogP contribution in [0.3, 0.4) is 0 Å². The van der Waals surface area contributed by atoms with Gasteiger partial charge in [0.05, 0.1) is 0 Å². The molecule has 0 bridgehead atoms. The van der Waals surface area contributed by atoms with E-state index >= 15 is 0 Å². The lowest BCUT2D eigenvalue weighted by Crippen LogP contribution is -1.62. The highest BCUT2D eigenvalue weighted by atomic mass is 16.6. The van der Waals surface area contributed by atoms with Gasteiger partial charge in [0.25, 0.3) is 0 Å². The molecule has 3 heteroatoms. The Morgan fingerprint density at radius 2 is 1.70 bits per heavy atom. The van der Waals surface area contributed by atoms with E-state index in [2.05, 4.69) is 19.1 Å². The molecule has 54 valence electrons. The molecular weight excluding hydrogens is 130 g/mol. The summed E-state index contributed by atoms with van der Waals surface area (Å²) in [6.07, 6.45) is 0. The van der Waals surface area contributed by atoms with Crippen molar-refractivity contribution in [1.82, 2.24) is 0 Å². The van der Waals surface area contributed by atoms with Crippen LogP contribution in [0.15, 0.2) is 35.7 Å². The largest absolute Gasteiger partial charge is 0.379 e. The normalized spacial score (nSPS) is 7.30. The summed E-state index contributed by atoms with van der Waals surface area (Å²) in [5, 5.41) is 7.89. The second-order valence-corrected chi connectivity index (χ2v) is 1.74. The van der Waals surface area contributed by atoms with Gasteiger partial charge >= 0.3 is 0 Å². The molecule has 1 rings (SSSR count). The second-order valence-electron chi connectivity index (χ2n) is 1.74. The third kappa shape index (κ3) is 4.77. The van der Waals surface area contributed by atoms with Crippen LogP contribution in [0.5, 0.6) is 0 Å². The molecule has 1 aromatic rings. The van der Waals surface area contributed by atoms with E-state index in [4.69, 9.17) is 10.1 Å². The molecule has 0 saturated heterocycles. The Kier molecular flexibility index (Phi) is 4.96. The maximum atomic E-state index is 8.11. The van der Waals surface area contributed by atoms with Crippen LogP contribution in [-0.4, -0.2) is 5.21 Å². The van der Waals surface area contributed by atoms with Gasteiger partial charge in [-0.1, -0.05) is 35.9 Å². The van der Waals surface area contributed by atoms with Crippen molar-refractivity contribution in [3.05, 3.63) is 40.8 Å². The number of benzene rings is 1. The van der Waals surface area contributed by atoms with Gasteiger partial charge in [0.1, 0.15) is 0 Å². The minimum atomic E-state index is 1.25. The highest BCUT2D eigenvalue weighted by Crippen LogP contribution is 1.92. The molecule has 0 unspecified atom stereocenters. The maximum absolute atomic E-state index is 8.11.